The van der Waals surface area contributed by atoms with Gasteiger partial charge >= 0.3 is 0 Å². The van der Waals surface area contributed by atoms with Gasteiger partial charge in [-0.2, -0.15) is 0 Å². The number of hydrogen-bond acceptors (Lipinski definition) is 3. The molecule has 0 unspecified atom stereocenters. The van der Waals surface area contributed by atoms with E-state index in [4.69, 9.17) is 9.88 Å². The van der Waals surface area contributed by atoms with Gasteiger partial charge in [-0.25, -0.2) is 13.6 Å². The lowest BCUT2D eigenvalue weighted by atomic mass is 10.2. The Morgan fingerprint density at radius 2 is 2.07 bits per heavy atom. The Morgan fingerprint density at radius 1 is 1.40 bits per heavy atom. The van der Waals surface area contributed by atoms with Crippen molar-refractivity contribution in [2.75, 3.05) is 0 Å². The first-order chi connectivity index (χ1) is 6.97. The highest BCUT2D eigenvalue weighted by molar-refractivity contribution is 7.89. The minimum Gasteiger partial charge on any atom is -0.490 e. The molecule has 1 aromatic rings. The lowest BCUT2D eigenvalue weighted by Gasteiger charge is -2.08. The van der Waals surface area contributed by atoms with Crippen LogP contribution in [0.15, 0.2) is 23.1 Å². The second-order valence-electron chi connectivity index (χ2n) is 3.79. The van der Waals surface area contributed by atoms with Crippen molar-refractivity contribution in [3.8, 4) is 5.75 Å². The lowest BCUT2D eigenvalue weighted by molar-refractivity contribution is 0.302. The minimum atomic E-state index is -3.65. The number of rotatable bonds is 3. The van der Waals surface area contributed by atoms with Crippen molar-refractivity contribution in [3.05, 3.63) is 23.8 Å². The zero-order valence-corrected chi connectivity index (χ0v) is 9.25. The van der Waals surface area contributed by atoms with Crippen LogP contribution in [0.4, 0.5) is 0 Å². The second-order valence-corrected chi connectivity index (χ2v) is 5.32. The summed E-state index contributed by atoms with van der Waals surface area (Å²) in [5.41, 5.74) is 0.639. The standard InChI is InChI=1S/C10H13NO3S/c1-7-2-3-9(14-8-4-5-8)6-10(7)15(11,12)13/h2-3,6,8H,4-5H2,1H3,(H2,11,12,13). The number of nitrogens with two attached hydrogens (primary N) is 1. The molecule has 82 valence electrons. The van der Waals surface area contributed by atoms with E-state index in [0.717, 1.165) is 12.8 Å². The average molecular weight is 227 g/mol. The van der Waals surface area contributed by atoms with Gasteiger partial charge in [0.1, 0.15) is 5.75 Å². The van der Waals surface area contributed by atoms with Crippen LogP contribution in [0, 0.1) is 6.92 Å². The SMILES string of the molecule is Cc1ccc(OC2CC2)cc1S(N)(=O)=O. The highest BCUT2D eigenvalue weighted by atomic mass is 32.2. The number of primary sulfonamides is 1. The Labute approximate surface area is 89.1 Å². The van der Waals surface area contributed by atoms with E-state index in [2.05, 4.69) is 0 Å². The van der Waals surface area contributed by atoms with Gasteiger partial charge in [0, 0.05) is 6.07 Å². The Kier molecular flexibility index (Phi) is 2.44. The van der Waals surface area contributed by atoms with E-state index in [1.165, 1.54) is 6.07 Å². The summed E-state index contributed by atoms with van der Waals surface area (Å²) in [6.45, 7) is 1.71. The molecule has 1 aliphatic rings. The molecule has 5 heteroatoms. The molecule has 4 nitrogen and oxygen atoms in total. The third-order valence-corrected chi connectivity index (χ3v) is 3.35. The van der Waals surface area contributed by atoms with Gasteiger partial charge in [0.2, 0.25) is 10.0 Å². The molecule has 0 heterocycles. The summed E-state index contributed by atoms with van der Waals surface area (Å²) in [4.78, 5) is 0.139. The Bertz CT molecular complexity index is 477. The van der Waals surface area contributed by atoms with E-state index in [9.17, 15) is 8.42 Å². The Hall–Kier alpha value is -1.07. The maximum atomic E-state index is 11.2. The summed E-state index contributed by atoms with van der Waals surface area (Å²) in [5.74, 6) is 0.576. The molecule has 0 amide bonds. The molecule has 1 aromatic carbocycles. The molecule has 0 bridgehead atoms. The second kappa shape index (κ2) is 3.50. The van der Waals surface area contributed by atoms with Crippen molar-refractivity contribution in [3.63, 3.8) is 0 Å². The normalized spacial score (nSPS) is 16.4. The summed E-state index contributed by atoms with van der Waals surface area (Å²) >= 11 is 0. The van der Waals surface area contributed by atoms with Gasteiger partial charge in [-0.3, -0.25) is 0 Å². The van der Waals surface area contributed by atoms with Crippen molar-refractivity contribution in [2.45, 2.75) is 30.8 Å². The van der Waals surface area contributed by atoms with E-state index in [0.29, 0.717) is 11.3 Å². The zero-order valence-electron chi connectivity index (χ0n) is 8.43. The van der Waals surface area contributed by atoms with Crippen LogP contribution in [0.2, 0.25) is 0 Å². The summed E-state index contributed by atoms with van der Waals surface area (Å²) < 4.78 is 28.0. The topological polar surface area (TPSA) is 69.4 Å². The molecular formula is C10H13NO3S. The van der Waals surface area contributed by atoms with Crippen LogP contribution in [-0.4, -0.2) is 14.5 Å². The molecule has 0 spiro atoms. The zero-order chi connectivity index (χ0) is 11.1. The van der Waals surface area contributed by atoms with Gasteiger partial charge in [-0.1, -0.05) is 6.07 Å². The molecular weight excluding hydrogens is 214 g/mol. The predicted molar refractivity (Wildman–Crippen MR) is 56.2 cm³/mol. The molecule has 0 radical (unpaired) electrons. The van der Waals surface area contributed by atoms with Crippen LogP contribution in [0.5, 0.6) is 5.75 Å². The van der Waals surface area contributed by atoms with E-state index in [-0.39, 0.29) is 11.0 Å². The fraction of sp³-hybridized carbons (Fsp3) is 0.400. The lowest BCUT2D eigenvalue weighted by Crippen LogP contribution is -2.13. The number of aryl methyl sites for hydroxylation is 1. The molecule has 0 saturated heterocycles. The van der Waals surface area contributed by atoms with Gasteiger partial charge in [-0.15, -0.1) is 0 Å². The molecule has 0 aliphatic heterocycles. The van der Waals surface area contributed by atoms with Crippen molar-refractivity contribution in [1.82, 2.24) is 0 Å². The largest absolute Gasteiger partial charge is 0.490 e. The van der Waals surface area contributed by atoms with Gasteiger partial charge in [0.05, 0.1) is 11.0 Å². The van der Waals surface area contributed by atoms with Crippen LogP contribution in [0.1, 0.15) is 18.4 Å². The van der Waals surface area contributed by atoms with Crippen LogP contribution >= 0.6 is 0 Å². The number of ether oxygens (including phenoxy) is 1. The molecule has 1 fully saturated rings. The van der Waals surface area contributed by atoms with Gasteiger partial charge < -0.3 is 4.74 Å². The summed E-state index contributed by atoms with van der Waals surface area (Å²) in [7, 11) is -3.65. The quantitative estimate of drug-likeness (QED) is 0.843. The maximum absolute atomic E-state index is 11.2. The van der Waals surface area contributed by atoms with Crippen molar-refractivity contribution in [2.24, 2.45) is 5.14 Å². The summed E-state index contributed by atoms with van der Waals surface area (Å²) in [6, 6.07) is 4.96. The van der Waals surface area contributed by atoms with Gasteiger partial charge in [-0.05, 0) is 31.4 Å². The predicted octanol–water partition coefficient (Wildman–Crippen LogP) is 1.18. The minimum absolute atomic E-state index is 0.139. The molecule has 1 aliphatic carbocycles. The first-order valence-electron chi connectivity index (χ1n) is 4.77. The fourth-order valence-corrected chi connectivity index (χ4v) is 2.14. The van der Waals surface area contributed by atoms with Gasteiger partial charge in [0.15, 0.2) is 0 Å². The maximum Gasteiger partial charge on any atom is 0.238 e. The van der Waals surface area contributed by atoms with E-state index < -0.39 is 10.0 Å². The third kappa shape index (κ3) is 2.49. The molecule has 15 heavy (non-hydrogen) atoms. The third-order valence-electron chi connectivity index (χ3n) is 2.29. The molecule has 0 aromatic heterocycles. The van der Waals surface area contributed by atoms with Crippen molar-refractivity contribution >= 4 is 10.0 Å². The summed E-state index contributed by atoms with van der Waals surface area (Å²) in [5, 5.41) is 5.09. The van der Waals surface area contributed by atoms with E-state index >= 15 is 0 Å². The van der Waals surface area contributed by atoms with Crippen LogP contribution in [0.3, 0.4) is 0 Å². The summed E-state index contributed by atoms with van der Waals surface area (Å²) in [6.07, 6.45) is 2.33. The Morgan fingerprint density at radius 3 is 2.60 bits per heavy atom. The van der Waals surface area contributed by atoms with E-state index in [1.54, 1.807) is 19.1 Å². The monoisotopic (exact) mass is 227 g/mol. The number of hydrogen-bond donors (Lipinski definition) is 1. The number of sulfonamides is 1. The first-order valence-corrected chi connectivity index (χ1v) is 6.31. The van der Waals surface area contributed by atoms with Crippen molar-refractivity contribution in [1.29, 1.82) is 0 Å². The highest BCUT2D eigenvalue weighted by Crippen LogP contribution is 2.28. The molecule has 0 atom stereocenters. The molecule has 2 N–H and O–H groups in total. The van der Waals surface area contributed by atoms with Gasteiger partial charge in [0.25, 0.3) is 0 Å². The Balaban J connectivity index is 2.35. The van der Waals surface area contributed by atoms with Crippen molar-refractivity contribution < 1.29 is 13.2 Å². The van der Waals surface area contributed by atoms with Crippen LogP contribution < -0.4 is 9.88 Å². The number of benzene rings is 1. The smallest absolute Gasteiger partial charge is 0.238 e. The van der Waals surface area contributed by atoms with E-state index in [1.807, 2.05) is 0 Å². The fourth-order valence-electron chi connectivity index (χ4n) is 1.34. The molecule has 2 rings (SSSR count). The van der Waals surface area contributed by atoms with Crippen LogP contribution in [0.25, 0.3) is 0 Å². The highest BCUT2D eigenvalue weighted by Gasteiger charge is 2.24. The van der Waals surface area contributed by atoms with Crippen LogP contribution in [-0.2, 0) is 10.0 Å². The first kappa shape index (κ1) is 10.4. The molecule has 1 saturated carbocycles. The average Bonchev–Trinajstić information content (AvgIpc) is 2.90.